The van der Waals surface area contributed by atoms with E-state index in [9.17, 15) is 18.3 Å². The van der Waals surface area contributed by atoms with Crippen molar-refractivity contribution in [3.8, 4) is 33.9 Å². The fourth-order valence-electron chi connectivity index (χ4n) is 3.62. The zero-order valence-electron chi connectivity index (χ0n) is 17.5. The highest BCUT2D eigenvalue weighted by atomic mass is 19.4. The van der Waals surface area contributed by atoms with Crippen LogP contribution in [0.15, 0.2) is 66.7 Å². The molecule has 0 atom stereocenters. The zero-order valence-corrected chi connectivity index (χ0v) is 17.5. The number of hydrogen-bond donors (Lipinski definition) is 2. The Hall–Kier alpha value is -3.74. The Labute approximate surface area is 183 Å². The van der Waals surface area contributed by atoms with Gasteiger partial charge in [0.15, 0.2) is 0 Å². The molecule has 0 radical (unpaired) electrons. The number of phenolic OH excluding ortho intramolecular Hbond substituents is 1. The maximum atomic E-state index is 13.7. The van der Waals surface area contributed by atoms with E-state index in [0.29, 0.717) is 29.0 Å². The van der Waals surface area contributed by atoms with E-state index in [-0.39, 0.29) is 22.6 Å². The minimum Gasteiger partial charge on any atom is -0.507 e. The number of H-pyrrole nitrogens is 1. The molecule has 0 saturated carbocycles. The third-order valence-corrected chi connectivity index (χ3v) is 5.34. The number of aryl methyl sites for hydroxylation is 1. The van der Waals surface area contributed by atoms with E-state index in [1.165, 1.54) is 6.07 Å². The molecule has 4 aromatic rings. The molecule has 7 heteroatoms. The van der Waals surface area contributed by atoms with Gasteiger partial charge in [-0.25, -0.2) is 0 Å². The normalized spacial score (nSPS) is 11.5. The number of aromatic hydroxyl groups is 1. The average molecular weight is 438 g/mol. The fraction of sp³-hybridized carbons (Fsp3) is 0.160. The SMILES string of the molecule is Cc1ccccc1-c1c(-c2ccc(OCc3ccccc3)c(C)c2O)n[nH]c1C(F)(F)F. The van der Waals surface area contributed by atoms with E-state index in [1.807, 2.05) is 30.3 Å². The summed E-state index contributed by atoms with van der Waals surface area (Å²) in [6.07, 6.45) is -4.63. The van der Waals surface area contributed by atoms with Crippen LogP contribution in [0.2, 0.25) is 0 Å². The molecular formula is C25H21F3N2O2. The first-order valence-corrected chi connectivity index (χ1v) is 9.98. The van der Waals surface area contributed by atoms with Crippen LogP contribution in [0.1, 0.15) is 22.4 Å². The average Bonchev–Trinajstić information content (AvgIpc) is 3.21. The predicted octanol–water partition coefficient (Wildman–Crippen LogP) is 6.66. The molecule has 0 aliphatic carbocycles. The number of aromatic amines is 1. The van der Waals surface area contributed by atoms with Gasteiger partial charge in [-0.2, -0.15) is 18.3 Å². The van der Waals surface area contributed by atoms with E-state index in [4.69, 9.17) is 4.74 Å². The number of nitrogens with one attached hydrogen (secondary N) is 1. The molecule has 32 heavy (non-hydrogen) atoms. The Morgan fingerprint density at radius 3 is 2.28 bits per heavy atom. The summed E-state index contributed by atoms with van der Waals surface area (Å²) in [4.78, 5) is 0. The first-order valence-electron chi connectivity index (χ1n) is 9.98. The van der Waals surface area contributed by atoms with Gasteiger partial charge in [0, 0.05) is 16.7 Å². The number of benzene rings is 3. The second-order valence-corrected chi connectivity index (χ2v) is 7.49. The quantitative estimate of drug-likeness (QED) is 0.366. The molecule has 0 fully saturated rings. The van der Waals surface area contributed by atoms with Crippen molar-refractivity contribution in [1.29, 1.82) is 0 Å². The Kier molecular flexibility index (Phi) is 5.65. The number of hydrogen-bond acceptors (Lipinski definition) is 3. The van der Waals surface area contributed by atoms with Gasteiger partial charge in [-0.15, -0.1) is 0 Å². The molecule has 3 aromatic carbocycles. The van der Waals surface area contributed by atoms with Gasteiger partial charge in [-0.1, -0.05) is 54.6 Å². The molecule has 0 saturated heterocycles. The van der Waals surface area contributed by atoms with Crippen LogP contribution in [0.25, 0.3) is 22.4 Å². The van der Waals surface area contributed by atoms with Crippen LogP contribution in [-0.2, 0) is 12.8 Å². The Balaban J connectivity index is 1.78. The smallest absolute Gasteiger partial charge is 0.433 e. The van der Waals surface area contributed by atoms with Gasteiger partial charge < -0.3 is 9.84 Å². The summed E-state index contributed by atoms with van der Waals surface area (Å²) >= 11 is 0. The summed E-state index contributed by atoms with van der Waals surface area (Å²) in [6, 6.07) is 19.5. The van der Waals surface area contributed by atoms with Crippen molar-refractivity contribution in [2.24, 2.45) is 0 Å². The van der Waals surface area contributed by atoms with Crippen LogP contribution in [-0.4, -0.2) is 15.3 Å². The van der Waals surface area contributed by atoms with E-state index >= 15 is 0 Å². The second kappa shape index (κ2) is 8.42. The molecule has 0 amide bonds. The molecule has 1 aromatic heterocycles. The summed E-state index contributed by atoms with van der Waals surface area (Å²) in [5, 5.41) is 16.9. The number of alkyl halides is 3. The highest BCUT2D eigenvalue weighted by Gasteiger charge is 2.38. The Morgan fingerprint density at radius 1 is 0.906 bits per heavy atom. The lowest BCUT2D eigenvalue weighted by atomic mass is 9.94. The molecule has 4 rings (SSSR count). The molecular weight excluding hydrogens is 417 g/mol. The molecule has 0 bridgehead atoms. The van der Waals surface area contributed by atoms with Gasteiger partial charge >= 0.3 is 6.18 Å². The number of aromatic nitrogens is 2. The van der Waals surface area contributed by atoms with Crippen molar-refractivity contribution in [1.82, 2.24) is 10.2 Å². The maximum absolute atomic E-state index is 13.7. The first-order chi connectivity index (χ1) is 15.3. The van der Waals surface area contributed by atoms with Gasteiger partial charge in [0.05, 0.1) is 0 Å². The first kappa shape index (κ1) is 21.5. The van der Waals surface area contributed by atoms with Gasteiger partial charge in [-0.3, -0.25) is 5.10 Å². The molecule has 0 unspecified atom stereocenters. The van der Waals surface area contributed by atoms with Gasteiger partial charge in [0.1, 0.15) is 29.5 Å². The van der Waals surface area contributed by atoms with Crippen molar-refractivity contribution in [3.63, 3.8) is 0 Å². The topological polar surface area (TPSA) is 58.1 Å². The minimum absolute atomic E-state index is 0.0295. The van der Waals surface area contributed by atoms with E-state index < -0.39 is 11.9 Å². The largest absolute Gasteiger partial charge is 0.507 e. The van der Waals surface area contributed by atoms with Gasteiger partial charge in [0.25, 0.3) is 0 Å². The lowest BCUT2D eigenvalue weighted by molar-refractivity contribution is -0.140. The maximum Gasteiger partial charge on any atom is 0.433 e. The van der Waals surface area contributed by atoms with Gasteiger partial charge in [-0.05, 0) is 42.7 Å². The fourth-order valence-corrected chi connectivity index (χ4v) is 3.62. The van der Waals surface area contributed by atoms with Crippen molar-refractivity contribution in [2.45, 2.75) is 26.6 Å². The summed E-state index contributed by atoms with van der Waals surface area (Å²) < 4.78 is 47.1. The summed E-state index contributed by atoms with van der Waals surface area (Å²) in [5.41, 5.74) is 1.61. The van der Waals surface area contributed by atoms with Crippen molar-refractivity contribution in [2.75, 3.05) is 0 Å². The van der Waals surface area contributed by atoms with Crippen LogP contribution in [0.5, 0.6) is 11.5 Å². The lowest BCUT2D eigenvalue weighted by Gasteiger charge is -2.15. The molecule has 2 N–H and O–H groups in total. The lowest BCUT2D eigenvalue weighted by Crippen LogP contribution is -2.07. The highest BCUT2D eigenvalue weighted by molar-refractivity contribution is 5.87. The number of phenols is 1. The summed E-state index contributed by atoms with van der Waals surface area (Å²) in [7, 11) is 0. The summed E-state index contributed by atoms with van der Waals surface area (Å²) in [6.45, 7) is 3.69. The predicted molar refractivity (Wildman–Crippen MR) is 116 cm³/mol. The van der Waals surface area contributed by atoms with E-state index in [1.54, 1.807) is 44.2 Å². The third-order valence-electron chi connectivity index (χ3n) is 5.34. The summed E-state index contributed by atoms with van der Waals surface area (Å²) in [5.74, 6) is 0.268. The number of halogens is 3. The number of rotatable bonds is 5. The molecule has 0 aliphatic heterocycles. The molecule has 4 nitrogen and oxygen atoms in total. The van der Waals surface area contributed by atoms with Crippen LogP contribution in [0.4, 0.5) is 13.2 Å². The number of nitrogens with zero attached hydrogens (tertiary/aromatic N) is 1. The molecule has 164 valence electrons. The van der Waals surface area contributed by atoms with Crippen LogP contribution in [0.3, 0.4) is 0 Å². The standard InChI is InChI=1S/C25H21F3N2O2/c1-15-8-6-7-11-18(15)21-22(29-30-24(21)25(26,27)28)19-12-13-20(16(2)23(19)31)32-14-17-9-4-3-5-10-17/h3-13,31H,14H2,1-2H3,(H,29,30). The van der Waals surface area contributed by atoms with Crippen LogP contribution < -0.4 is 4.74 Å². The second-order valence-electron chi connectivity index (χ2n) is 7.49. The third kappa shape index (κ3) is 4.06. The van der Waals surface area contributed by atoms with Crippen LogP contribution >= 0.6 is 0 Å². The Morgan fingerprint density at radius 2 is 1.59 bits per heavy atom. The van der Waals surface area contributed by atoms with Crippen molar-refractivity contribution >= 4 is 0 Å². The van der Waals surface area contributed by atoms with Crippen molar-refractivity contribution in [3.05, 3.63) is 89.1 Å². The van der Waals surface area contributed by atoms with E-state index in [2.05, 4.69) is 10.2 Å². The van der Waals surface area contributed by atoms with Crippen molar-refractivity contribution < 1.29 is 23.0 Å². The Bertz CT molecular complexity index is 1250. The van der Waals surface area contributed by atoms with Crippen LogP contribution in [0, 0.1) is 13.8 Å². The molecule has 1 heterocycles. The number of ether oxygens (including phenoxy) is 1. The van der Waals surface area contributed by atoms with E-state index in [0.717, 1.165) is 5.56 Å². The zero-order chi connectivity index (χ0) is 22.9. The molecule has 0 spiro atoms. The minimum atomic E-state index is -4.63. The molecule has 0 aliphatic rings. The van der Waals surface area contributed by atoms with Gasteiger partial charge in [0.2, 0.25) is 0 Å². The highest BCUT2D eigenvalue weighted by Crippen LogP contribution is 2.45. The monoisotopic (exact) mass is 438 g/mol.